The molecule has 0 bridgehead atoms. The Hall–Kier alpha value is -3.15. The van der Waals surface area contributed by atoms with Crippen molar-refractivity contribution in [2.24, 2.45) is 7.05 Å². The van der Waals surface area contributed by atoms with Gasteiger partial charge in [-0.15, -0.1) is 17.3 Å². The summed E-state index contributed by atoms with van der Waals surface area (Å²) in [6.07, 6.45) is 3.97. The second-order valence-electron chi connectivity index (χ2n) is 9.64. The standard InChI is InChI=1S/C28H34N6OS/c1-6-9-12-32-17-25-28(30-32)24(14-27(35)31(25)5)34-16-21(7-2)33(15-22(34)8-3)19(4)20-10-11-23-26(13-20)36-18-29-23/h10-11,13-14,17-19,21-22H,7-8,12,15-16H2,1-5H3/t19-,21-,22+/m1/s1. The number of pyridine rings is 1. The van der Waals surface area contributed by atoms with E-state index in [2.05, 4.69) is 65.6 Å². The average molecular weight is 503 g/mol. The number of piperazine rings is 1. The zero-order valence-corrected chi connectivity index (χ0v) is 22.5. The summed E-state index contributed by atoms with van der Waals surface area (Å²) in [7, 11) is 1.82. The highest BCUT2D eigenvalue weighted by Gasteiger charge is 2.36. The maximum absolute atomic E-state index is 13.0. The number of benzene rings is 1. The van der Waals surface area contributed by atoms with Gasteiger partial charge in [-0.25, -0.2) is 4.98 Å². The molecular formula is C28H34N6OS. The number of rotatable bonds is 6. The summed E-state index contributed by atoms with van der Waals surface area (Å²) >= 11 is 1.70. The molecule has 0 N–H and O–H groups in total. The van der Waals surface area contributed by atoms with E-state index in [9.17, 15) is 4.79 Å². The molecule has 4 heterocycles. The van der Waals surface area contributed by atoms with Crippen molar-refractivity contribution in [1.82, 2.24) is 24.2 Å². The van der Waals surface area contributed by atoms with Gasteiger partial charge < -0.3 is 9.47 Å². The summed E-state index contributed by atoms with van der Waals surface area (Å²) in [4.78, 5) is 22.5. The molecule has 1 aliphatic rings. The van der Waals surface area contributed by atoms with Crippen LogP contribution in [0.5, 0.6) is 0 Å². The van der Waals surface area contributed by atoms with Crippen molar-refractivity contribution in [2.75, 3.05) is 18.0 Å². The summed E-state index contributed by atoms with van der Waals surface area (Å²) in [5.74, 6) is 6.01. The summed E-state index contributed by atoms with van der Waals surface area (Å²) in [5.41, 5.74) is 6.99. The lowest BCUT2D eigenvalue weighted by Gasteiger charge is -2.49. The molecule has 8 heteroatoms. The Bertz CT molecular complexity index is 1510. The highest BCUT2D eigenvalue weighted by atomic mass is 32.1. The SMILES string of the molecule is CC#CCn1cc2c(n1)c(N1C[C@@H](CC)N([C@H](C)c3ccc4ncsc4c3)C[C@@H]1CC)cc(=O)n2C. The molecule has 188 valence electrons. The van der Waals surface area contributed by atoms with Crippen LogP contribution in [0.3, 0.4) is 0 Å². The maximum atomic E-state index is 13.0. The van der Waals surface area contributed by atoms with Crippen molar-refractivity contribution in [3.63, 3.8) is 0 Å². The lowest BCUT2D eigenvalue weighted by Crippen LogP contribution is -2.58. The van der Waals surface area contributed by atoms with Gasteiger partial charge in [-0.2, -0.15) is 5.10 Å². The molecule has 3 aromatic heterocycles. The van der Waals surface area contributed by atoms with Gasteiger partial charge in [0.05, 0.1) is 33.1 Å². The van der Waals surface area contributed by atoms with Gasteiger partial charge in [0, 0.05) is 44.3 Å². The van der Waals surface area contributed by atoms with Gasteiger partial charge in [0.15, 0.2) is 0 Å². The van der Waals surface area contributed by atoms with Gasteiger partial charge in [0.1, 0.15) is 12.1 Å². The minimum absolute atomic E-state index is 0.00446. The number of anilines is 1. The molecule has 1 aliphatic heterocycles. The number of thiazole rings is 1. The first-order chi connectivity index (χ1) is 17.4. The van der Waals surface area contributed by atoms with E-state index in [1.54, 1.807) is 22.0 Å². The van der Waals surface area contributed by atoms with Crippen LogP contribution in [0.1, 0.15) is 52.1 Å². The van der Waals surface area contributed by atoms with E-state index in [0.29, 0.717) is 24.7 Å². The van der Waals surface area contributed by atoms with Gasteiger partial charge in [0.25, 0.3) is 5.56 Å². The quantitative estimate of drug-likeness (QED) is 0.354. The molecule has 1 fully saturated rings. The van der Waals surface area contributed by atoms with Crippen molar-refractivity contribution in [1.29, 1.82) is 0 Å². The first-order valence-corrected chi connectivity index (χ1v) is 13.6. The first-order valence-electron chi connectivity index (χ1n) is 12.8. The lowest BCUT2D eigenvalue weighted by molar-refractivity contribution is 0.101. The molecule has 0 aliphatic carbocycles. The third kappa shape index (κ3) is 4.31. The Labute approximate surface area is 216 Å². The van der Waals surface area contributed by atoms with Crippen LogP contribution >= 0.6 is 11.3 Å². The van der Waals surface area contributed by atoms with Crippen LogP contribution in [0, 0.1) is 11.8 Å². The molecule has 0 unspecified atom stereocenters. The molecule has 36 heavy (non-hydrogen) atoms. The number of nitrogens with zero attached hydrogens (tertiary/aromatic N) is 6. The fourth-order valence-corrected chi connectivity index (χ4v) is 6.20. The van der Waals surface area contributed by atoms with Crippen molar-refractivity contribution in [3.05, 3.63) is 51.9 Å². The molecule has 0 saturated carbocycles. The second-order valence-corrected chi connectivity index (χ2v) is 10.5. The minimum atomic E-state index is -0.00446. The predicted molar refractivity (Wildman–Crippen MR) is 149 cm³/mol. The summed E-state index contributed by atoms with van der Waals surface area (Å²) < 4.78 is 4.77. The van der Waals surface area contributed by atoms with Crippen LogP contribution in [-0.2, 0) is 13.6 Å². The number of hydrogen-bond donors (Lipinski definition) is 0. The second kappa shape index (κ2) is 10.1. The number of aromatic nitrogens is 4. The van der Waals surface area contributed by atoms with Crippen molar-refractivity contribution >= 4 is 38.3 Å². The highest BCUT2D eigenvalue weighted by molar-refractivity contribution is 7.16. The minimum Gasteiger partial charge on any atom is -0.364 e. The molecule has 1 saturated heterocycles. The van der Waals surface area contributed by atoms with Crippen LogP contribution in [-0.4, -0.2) is 49.4 Å². The molecule has 0 radical (unpaired) electrons. The number of fused-ring (bicyclic) bond motifs is 2. The van der Waals surface area contributed by atoms with E-state index in [-0.39, 0.29) is 5.56 Å². The van der Waals surface area contributed by atoms with Crippen LogP contribution in [0.4, 0.5) is 5.69 Å². The Morgan fingerprint density at radius 2 is 1.97 bits per heavy atom. The molecule has 7 nitrogen and oxygen atoms in total. The van der Waals surface area contributed by atoms with E-state index in [1.165, 1.54) is 10.3 Å². The normalized spacial score (nSPS) is 19.5. The maximum Gasteiger partial charge on any atom is 0.252 e. The molecular weight excluding hydrogens is 468 g/mol. The van der Waals surface area contributed by atoms with E-state index in [4.69, 9.17) is 5.10 Å². The fourth-order valence-electron chi connectivity index (χ4n) is 5.48. The van der Waals surface area contributed by atoms with E-state index < -0.39 is 0 Å². The lowest BCUT2D eigenvalue weighted by atomic mass is 9.96. The Kier molecular flexibility index (Phi) is 6.87. The van der Waals surface area contributed by atoms with Gasteiger partial charge >= 0.3 is 0 Å². The fraction of sp³-hybridized carbons (Fsp3) is 0.464. The first kappa shape index (κ1) is 24.5. The third-order valence-electron chi connectivity index (χ3n) is 7.68. The molecule has 4 aromatic rings. The smallest absolute Gasteiger partial charge is 0.252 e. The predicted octanol–water partition coefficient (Wildman–Crippen LogP) is 4.81. The third-order valence-corrected chi connectivity index (χ3v) is 8.47. The van der Waals surface area contributed by atoms with Gasteiger partial charge in [-0.05, 0) is 44.4 Å². The molecule has 0 spiro atoms. The Morgan fingerprint density at radius 3 is 2.72 bits per heavy atom. The van der Waals surface area contributed by atoms with Gasteiger partial charge in [-0.1, -0.05) is 25.8 Å². The summed E-state index contributed by atoms with van der Waals surface area (Å²) in [6, 6.07) is 9.40. The zero-order chi connectivity index (χ0) is 25.4. The Balaban J connectivity index is 1.50. The number of hydrogen-bond acceptors (Lipinski definition) is 6. The molecule has 5 rings (SSSR count). The van der Waals surface area contributed by atoms with Crippen molar-refractivity contribution < 1.29 is 0 Å². The zero-order valence-electron chi connectivity index (χ0n) is 21.7. The highest BCUT2D eigenvalue weighted by Crippen LogP contribution is 2.35. The molecule has 1 aromatic carbocycles. The summed E-state index contributed by atoms with van der Waals surface area (Å²) in [6.45, 7) is 11.0. The molecule has 3 atom stereocenters. The van der Waals surface area contributed by atoms with E-state index >= 15 is 0 Å². The average Bonchev–Trinajstić information content (AvgIpc) is 3.55. The van der Waals surface area contributed by atoms with Crippen molar-refractivity contribution in [3.8, 4) is 11.8 Å². The topological polar surface area (TPSA) is 59.2 Å². The van der Waals surface area contributed by atoms with Crippen molar-refractivity contribution in [2.45, 2.75) is 65.2 Å². The van der Waals surface area contributed by atoms with E-state index in [1.807, 2.05) is 30.4 Å². The number of aryl methyl sites for hydroxylation is 1. The van der Waals surface area contributed by atoms with E-state index in [0.717, 1.165) is 48.2 Å². The largest absolute Gasteiger partial charge is 0.364 e. The van der Waals surface area contributed by atoms with Crippen LogP contribution in [0.25, 0.3) is 21.3 Å². The monoisotopic (exact) mass is 502 g/mol. The summed E-state index contributed by atoms with van der Waals surface area (Å²) in [5, 5.41) is 4.87. The Morgan fingerprint density at radius 1 is 1.17 bits per heavy atom. The van der Waals surface area contributed by atoms with Gasteiger partial charge in [0.2, 0.25) is 0 Å². The molecule has 0 amide bonds. The van der Waals surface area contributed by atoms with Crippen LogP contribution in [0.15, 0.2) is 40.8 Å². The van der Waals surface area contributed by atoms with Gasteiger partial charge in [-0.3, -0.25) is 14.4 Å². The van der Waals surface area contributed by atoms with Crippen LogP contribution in [0.2, 0.25) is 0 Å². The van der Waals surface area contributed by atoms with Crippen LogP contribution < -0.4 is 10.5 Å².